The van der Waals surface area contributed by atoms with Gasteiger partial charge < -0.3 is 5.32 Å². The van der Waals surface area contributed by atoms with Gasteiger partial charge >= 0.3 is 0 Å². The molecule has 0 unspecified atom stereocenters. The summed E-state index contributed by atoms with van der Waals surface area (Å²) in [6.07, 6.45) is 2.04. The molecular formula is C12H11N3. The molecule has 0 radical (unpaired) electrons. The van der Waals surface area contributed by atoms with Crippen LogP contribution in [0.5, 0.6) is 0 Å². The van der Waals surface area contributed by atoms with E-state index in [9.17, 15) is 0 Å². The molecule has 0 aliphatic rings. The second-order valence-electron chi connectivity index (χ2n) is 3.49. The number of imidazole rings is 1. The van der Waals surface area contributed by atoms with E-state index in [4.69, 9.17) is 0 Å². The normalized spacial score (nSPS) is 11.0. The molecule has 0 aliphatic carbocycles. The first-order valence-electron chi connectivity index (χ1n) is 4.93. The number of benzene rings is 1. The van der Waals surface area contributed by atoms with Crippen LogP contribution in [0.25, 0.3) is 16.7 Å². The monoisotopic (exact) mass is 197 g/mol. The quantitative estimate of drug-likeness (QED) is 0.649. The average molecular weight is 197 g/mol. The third-order valence-corrected chi connectivity index (χ3v) is 2.60. The van der Waals surface area contributed by atoms with Gasteiger partial charge in [0.25, 0.3) is 0 Å². The third-order valence-electron chi connectivity index (χ3n) is 2.60. The molecule has 74 valence electrons. The highest BCUT2D eigenvalue weighted by Gasteiger charge is 2.02. The molecule has 0 saturated carbocycles. The van der Waals surface area contributed by atoms with Crippen molar-refractivity contribution in [2.45, 2.75) is 0 Å². The van der Waals surface area contributed by atoms with E-state index >= 15 is 0 Å². The highest BCUT2D eigenvalue weighted by molar-refractivity contribution is 5.81. The summed E-state index contributed by atoms with van der Waals surface area (Å²) < 4.78 is 2.09. The largest absolute Gasteiger partial charge is 0.388 e. The molecule has 2 aromatic heterocycles. The van der Waals surface area contributed by atoms with Crippen LogP contribution in [0.4, 0.5) is 5.69 Å². The van der Waals surface area contributed by atoms with Crippen LogP contribution in [0.15, 0.2) is 42.6 Å². The second-order valence-corrected chi connectivity index (χ2v) is 3.49. The Morgan fingerprint density at radius 2 is 2.07 bits per heavy atom. The van der Waals surface area contributed by atoms with E-state index in [1.54, 1.807) is 0 Å². The van der Waals surface area contributed by atoms with Crippen molar-refractivity contribution in [3.63, 3.8) is 0 Å². The van der Waals surface area contributed by atoms with Gasteiger partial charge in [0.05, 0.1) is 11.0 Å². The number of nitrogens with zero attached hydrogens (tertiary/aromatic N) is 2. The Morgan fingerprint density at radius 1 is 1.20 bits per heavy atom. The third kappa shape index (κ3) is 1.16. The van der Waals surface area contributed by atoms with Crippen LogP contribution in [0, 0.1) is 0 Å². The lowest BCUT2D eigenvalue weighted by atomic mass is 10.3. The number of para-hydroxylation sites is 2. The average Bonchev–Trinajstić information content (AvgIpc) is 2.66. The number of hydrogen-bond donors (Lipinski definition) is 1. The highest BCUT2D eigenvalue weighted by Crippen LogP contribution is 2.18. The predicted molar refractivity (Wildman–Crippen MR) is 62.2 cm³/mol. The van der Waals surface area contributed by atoms with Crippen molar-refractivity contribution in [3.8, 4) is 0 Å². The van der Waals surface area contributed by atoms with E-state index in [0.29, 0.717) is 0 Å². The number of anilines is 1. The molecule has 0 fully saturated rings. The van der Waals surface area contributed by atoms with Gasteiger partial charge in [-0.3, -0.25) is 4.40 Å². The molecule has 1 N–H and O–H groups in total. The van der Waals surface area contributed by atoms with Gasteiger partial charge in [-0.05, 0) is 18.2 Å². The van der Waals surface area contributed by atoms with Gasteiger partial charge in [0.15, 0.2) is 0 Å². The van der Waals surface area contributed by atoms with Crippen molar-refractivity contribution >= 4 is 22.4 Å². The van der Waals surface area contributed by atoms with Gasteiger partial charge in [-0.1, -0.05) is 12.1 Å². The Morgan fingerprint density at radius 3 is 2.93 bits per heavy atom. The van der Waals surface area contributed by atoms with Crippen LogP contribution in [0.1, 0.15) is 0 Å². The van der Waals surface area contributed by atoms with E-state index in [1.807, 2.05) is 43.6 Å². The summed E-state index contributed by atoms with van der Waals surface area (Å²) in [6.45, 7) is 0. The van der Waals surface area contributed by atoms with E-state index in [0.717, 1.165) is 22.4 Å². The van der Waals surface area contributed by atoms with Gasteiger partial charge in [-0.15, -0.1) is 0 Å². The van der Waals surface area contributed by atoms with Crippen LogP contribution in [0.3, 0.4) is 0 Å². The second kappa shape index (κ2) is 2.98. The predicted octanol–water partition coefficient (Wildman–Crippen LogP) is 2.53. The first-order valence-corrected chi connectivity index (χ1v) is 4.93. The Bertz CT molecular complexity index is 625. The Hall–Kier alpha value is -2.03. The molecule has 2 heterocycles. The molecule has 3 heteroatoms. The zero-order chi connectivity index (χ0) is 10.3. The Balaban J connectivity index is 2.43. The fourth-order valence-electron chi connectivity index (χ4n) is 1.82. The number of rotatable bonds is 1. The van der Waals surface area contributed by atoms with E-state index < -0.39 is 0 Å². The van der Waals surface area contributed by atoms with Gasteiger partial charge in [-0.25, -0.2) is 4.98 Å². The smallest absolute Gasteiger partial charge is 0.139 e. The maximum Gasteiger partial charge on any atom is 0.139 e. The first-order chi connectivity index (χ1) is 7.38. The fourth-order valence-corrected chi connectivity index (χ4v) is 1.82. The van der Waals surface area contributed by atoms with Crippen molar-refractivity contribution in [2.24, 2.45) is 0 Å². The van der Waals surface area contributed by atoms with Crippen molar-refractivity contribution in [1.82, 2.24) is 9.38 Å². The summed E-state index contributed by atoms with van der Waals surface area (Å²) in [5.41, 5.74) is 4.24. The van der Waals surface area contributed by atoms with Gasteiger partial charge in [0, 0.05) is 25.0 Å². The fraction of sp³-hybridized carbons (Fsp3) is 0.0833. The summed E-state index contributed by atoms with van der Waals surface area (Å²) in [4.78, 5) is 4.55. The summed E-state index contributed by atoms with van der Waals surface area (Å²) in [7, 11) is 1.91. The zero-order valence-electron chi connectivity index (χ0n) is 8.44. The molecule has 1 aromatic carbocycles. The molecule has 0 amide bonds. The van der Waals surface area contributed by atoms with E-state index in [2.05, 4.69) is 20.8 Å². The van der Waals surface area contributed by atoms with Crippen LogP contribution in [-0.4, -0.2) is 16.4 Å². The molecule has 3 rings (SSSR count). The summed E-state index contributed by atoms with van der Waals surface area (Å²) in [5.74, 6) is 0. The Labute approximate surface area is 87.4 Å². The molecule has 0 bridgehead atoms. The topological polar surface area (TPSA) is 29.3 Å². The van der Waals surface area contributed by atoms with Crippen molar-refractivity contribution in [2.75, 3.05) is 12.4 Å². The number of fused-ring (bicyclic) bond motifs is 3. The molecular weight excluding hydrogens is 186 g/mol. The van der Waals surface area contributed by atoms with E-state index in [-0.39, 0.29) is 0 Å². The summed E-state index contributed by atoms with van der Waals surface area (Å²) in [6, 6.07) is 12.2. The molecule has 0 aliphatic heterocycles. The lowest BCUT2D eigenvalue weighted by Gasteiger charge is -1.99. The molecule has 15 heavy (non-hydrogen) atoms. The van der Waals surface area contributed by atoms with Crippen LogP contribution < -0.4 is 5.32 Å². The standard InChI is InChI=1S/C12H11N3/c1-13-9-6-7-15-11-5-3-2-4-10(11)14-12(15)8-9/h2-8,13H,1H3. The van der Waals surface area contributed by atoms with Crippen LogP contribution in [-0.2, 0) is 0 Å². The SMILES string of the molecule is CNc1ccn2c(c1)nc1ccccc12. The molecule has 3 aromatic rings. The van der Waals surface area contributed by atoms with Crippen molar-refractivity contribution < 1.29 is 0 Å². The van der Waals surface area contributed by atoms with E-state index in [1.165, 1.54) is 0 Å². The van der Waals surface area contributed by atoms with Crippen molar-refractivity contribution in [1.29, 1.82) is 0 Å². The molecule has 0 saturated heterocycles. The first kappa shape index (κ1) is 8.29. The minimum absolute atomic E-state index is 0.975. The lowest BCUT2D eigenvalue weighted by molar-refractivity contribution is 1.22. The molecule has 0 atom stereocenters. The van der Waals surface area contributed by atoms with Crippen molar-refractivity contribution in [3.05, 3.63) is 42.6 Å². The maximum absolute atomic E-state index is 4.55. The maximum atomic E-state index is 4.55. The highest BCUT2D eigenvalue weighted by atomic mass is 15.0. The van der Waals surface area contributed by atoms with Gasteiger partial charge in [0.2, 0.25) is 0 Å². The number of pyridine rings is 1. The lowest BCUT2D eigenvalue weighted by Crippen LogP contribution is -1.90. The number of hydrogen-bond acceptors (Lipinski definition) is 2. The summed E-state index contributed by atoms with van der Waals surface area (Å²) in [5, 5.41) is 3.11. The van der Waals surface area contributed by atoms with Crippen LogP contribution in [0.2, 0.25) is 0 Å². The minimum atomic E-state index is 0.975. The van der Waals surface area contributed by atoms with Crippen LogP contribution >= 0.6 is 0 Å². The minimum Gasteiger partial charge on any atom is -0.388 e. The number of nitrogens with one attached hydrogen (secondary N) is 1. The Kier molecular flexibility index (Phi) is 1.65. The number of aromatic nitrogens is 2. The van der Waals surface area contributed by atoms with Gasteiger partial charge in [0.1, 0.15) is 5.65 Å². The zero-order valence-corrected chi connectivity index (χ0v) is 8.44. The molecule has 3 nitrogen and oxygen atoms in total. The van der Waals surface area contributed by atoms with Gasteiger partial charge in [-0.2, -0.15) is 0 Å². The summed E-state index contributed by atoms with van der Waals surface area (Å²) >= 11 is 0. The molecule has 0 spiro atoms.